The highest BCUT2D eigenvalue weighted by atomic mass is 19.4. The lowest BCUT2D eigenvalue weighted by molar-refractivity contribution is -0.161. The number of benzene rings is 2. The van der Waals surface area contributed by atoms with Gasteiger partial charge in [0.25, 0.3) is 0 Å². The van der Waals surface area contributed by atoms with Crippen LogP contribution in [0.15, 0.2) is 67.0 Å². The lowest BCUT2D eigenvalue weighted by atomic mass is 9.84. The Kier molecular flexibility index (Phi) is 9.03. The van der Waals surface area contributed by atoms with Crippen LogP contribution in [0.25, 0.3) is 27.9 Å². The molecule has 5 atom stereocenters. The number of ether oxygens (including phenoxy) is 1. The van der Waals surface area contributed by atoms with Crippen LogP contribution >= 0.6 is 0 Å². The van der Waals surface area contributed by atoms with Gasteiger partial charge in [-0.25, -0.2) is 9.97 Å². The second-order valence-corrected chi connectivity index (χ2v) is 14.2. The number of nitrogens with one attached hydrogen (secondary N) is 3. The number of anilines is 1. The van der Waals surface area contributed by atoms with Crippen molar-refractivity contribution in [3.05, 3.63) is 78.3 Å². The fourth-order valence-electron chi connectivity index (χ4n) is 8.01. The quantitative estimate of drug-likeness (QED) is 0.185. The van der Waals surface area contributed by atoms with Crippen LogP contribution in [0.1, 0.15) is 42.9 Å². The largest absolute Gasteiger partial charge is 0.403 e. The summed E-state index contributed by atoms with van der Waals surface area (Å²) in [6, 6.07) is 14.1. The van der Waals surface area contributed by atoms with E-state index in [1.165, 1.54) is 5.57 Å². The zero-order valence-electron chi connectivity index (χ0n) is 28.1. The first-order chi connectivity index (χ1) is 24.7. The molecule has 0 bridgehead atoms. The first kappa shape index (κ1) is 33.8. The van der Waals surface area contributed by atoms with Crippen LogP contribution in [-0.2, 0) is 9.53 Å². The summed E-state index contributed by atoms with van der Waals surface area (Å²) < 4.78 is 46.4. The smallest absolute Gasteiger partial charge is 0.396 e. The Morgan fingerprint density at radius 3 is 2.65 bits per heavy atom. The SMILES string of the molecule is O=C(CN1CC[C@@](CO)(C2OC2Nc2ccc3n[nH]c(C4CCNC(C(F)(F)F)C4)c3c2)C1)N1CC=C(c2ccc(-c3ncccn3)cc2)CC1. The number of amides is 1. The molecule has 0 aliphatic carbocycles. The third kappa shape index (κ3) is 6.97. The summed E-state index contributed by atoms with van der Waals surface area (Å²) in [5.41, 5.74) is 4.99. The number of rotatable bonds is 9. The molecule has 8 rings (SSSR count). The van der Waals surface area contributed by atoms with Gasteiger partial charge in [0.15, 0.2) is 12.1 Å². The van der Waals surface area contributed by atoms with Gasteiger partial charge >= 0.3 is 6.18 Å². The predicted molar refractivity (Wildman–Crippen MR) is 185 cm³/mol. The van der Waals surface area contributed by atoms with E-state index in [-0.39, 0.29) is 50.3 Å². The van der Waals surface area contributed by atoms with E-state index >= 15 is 0 Å². The van der Waals surface area contributed by atoms with E-state index in [9.17, 15) is 23.1 Å². The summed E-state index contributed by atoms with van der Waals surface area (Å²) in [6.45, 7) is 2.94. The van der Waals surface area contributed by atoms with Crippen molar-refractivity contribution < 1.29 is 27.8 Å². The topological polar surface area (TPSA) is 135 Å². The van der Waals surface area contributed by atoms with E-state index < -0.39 is 17.6 Å². The monoisotopic (exact) mass is 702 g/mol. The molecule has 268 valence electrons. The molecule has 3 saturated heterocycles. The van der Waals surface area contributed by atoms with Crippen LogP contribution in [0.5, 0.6) is 0 Å². The van der Waals surface area contributed by atoms with Crippen LogP contribution in [0.4, 0.5) is 18.9 Å². The van der Waals surface area contributed by atoms with Crippen molar-refractivity contribution in [2.45, 2.75) is 56.2 Å². The van der Waals surface area contributed by atoms with Gasteiger partial charge in [0.05, 0.1) is 18.7 Å². The number of likely N-dealkylation sites (tertiary alicyclic amines) is 1. The number of carbonyl (C=O) groups is 1. The van der Waals surface area contributed by atoms with Crippen LogP contribution < -0.4 is 10.6 Å². The molecule has 2 aromatic heterocycles. The molecule has 11 nitrogen and oxygen atoms in total. The number of aliphatic hydroxyl groups excluding tert-OH is 1. The molecule has 14 heteroatoms. The van der Waals surface area contributed by atoms with Crippen molar-refractivity contribution in [3.8, 4) is 11.4 Å². The highest BCUT2D eigenvalue weighted by Crippen LogP contribution is 2.46. The number of aromatic amines is 1. The van der Waals surface area contributed by atoms with Crippen LogP contribution in [0, 0.1) is 5.41 Å². The summed E-state index contributed by atoms with van der Waals surface area (Å²) in [7, 11) is 0. The number of epoxide rings is 1. The number of carbonyl (C=O) groups excluding carboxylic acids is 1. The fourth-order valence-corrected chi connectivity index (χ4v) is 8.01. The molecule has 4 aromatic rings. The van der Waals surface area contributed by atoms with Gasteiger partial charge in [-0.1, -0.05) is 30.3 Å². The van der Waals surface area contributed by atoms with Gasteiger partial charge in [0.2, 0.25) is 5.91 Å². The molecule has 4 N–H and O–H groups in total. The highest BCUT2D eigenvalue weighted by Gasteiger charge is 2.57. The highest BCUT2D eigenvalue weighted by molar-refractivity contribution is 5.85. The second kappa shape index (κ2) is 13.6. The molecule has 0 spiro atoms. The number of hydrogen-bond donors (Lipinski definition) is 4. The number of aliphatic hydroxyl groups is 1. The van der Waals surface area contributed by atoms with Gasteiger partial charge < -0.3 is 25.4 Å². The lowest BCUT2D eigenvalue weighted by Gasteiger charge is -2.31. The summed E-state index contributed by atoms with van der Waals surface area (Å²) in [4.78, 5) is 26.0. The molecule has 4 aliphatic rings. The summed E-state index contributed by atoms with van der Waals surface area (Å²) in [6.07, 6.45) is 2.74. The average molecular weight is 703 g/mol. The predicted octanol–water partition coefficient (Wildman–Crippen LogP) is 4.55. The van der Waals surface area contributed by atoms with E-state index in [1.807, 2.05) is 35.2 Å². The maximum absolute atomic E-state index is 13.4. The molecule has 51 heavy (non-hydrogen) atoms. The number of nitrogens with zero attached hydrogens (tertiary/aromatic N) is 5. The van der Waals surface area contributed by atoms with E-state index in [0.717, 1.165) is 28.6 Å². The molecular weight excluding hydrogens is 661 g/mol. The van der Waals surface area contributed by atoms with E-state index in [1.54, 1.807) is 18.5 Å². The number of fused-ring (bicyclic) bond motifs is 1. The van der Waals surface area contributed by atoms with Gasteiger partial charge in [0.1, 0.15) is 12.1 Å². The number of alkyl halides is 3. The number of hydrogen-bond acceptors (Lipinski definition) is 9. The summed E-state index contributed by atoms with van der Waals surface area (Å²) in [5, 5.41) is 24.7. The molecule has 0 radical (unpaired) electrons. The van der Waals surface area contributed by atoms with E-state index in [0.29, 0.717) is 56.1 Å². The normalized spacial score (nSPS) is 27.1. The van der Waals surface area contributed by atoms with Crippen molar-refractivity contribution >= 4 is 28.1 Å². The zero-order chi connectivity index (χ0) is 35.2. The Bertz CT molecular complexity index is 1900. The van der Waals surface area contributed by atoms with Gasteiger partial charge in [-0.2, -0.15) is 18.3 Å². The Labute approximate surface area is 293 Å². The third-order valence-corrected chi connectivity index (χ3v) is 11.0. The molecule has 1 amide bonds. The Morgan fingerprint density at radius 1 is 1.10 bits per heavy atom. The van der Waals surface area contributed by atoms with Crippen molar-refractivity contribution in [3.63, 3.8) is 0 Å². The van der Waals surface area contributed by atoms with Crippen molar-refractivity contribution in [2.75, 3.05) is 51.2 Å². The number of piperidine rings is 1. The molecular formula is C37H41F3N8O3. The average Bonchev–Trinajstić information content (AvgIpc) is 3.60. The zero-order valence-corrected chi connectivity index (χ0v) is 28.1. The van der Waals surface area contributed by atoms with Gasteiger partial charge in [0, 0.05) is 65.7 Å². The Morgan fingerprint density at radius 2 is 1.90 bits per heavy atom. The molecule has 3 fully saturated rings. The van der Waals surface area contributed by atoms with Crippen LogP contribution in [0.2, 0.25) is 0 Å². The van der Waals surface area contributed by atoms with Crippen molar-refractivity contribution in [1.29, 1.82) is 0 Å². The standard InChI is InChI=1S/C37H41F3N8O3/c38-37(39,40)30-18-26(8-14-41-30)32-28-19-27(6-7-29(28)45-46-32)44-35-33(51-35)36(22-49)11-17-47(21-36)20-31(50)48-15-9-24(10-16-48)23-2-4-25(5-3-23)34-42-12-1-13-43-34/h1-7,9,12-13,19,26,30,33,35,41,44,49H,8,10-11,14-18,20-22H2,(H,45,46)/t26?,30?,33?,35?,36-/m1/s1. The number of halogens is 3. The number of aromatic nitrogens is 4. The van der Waals surface area contributed by atoms with Gasteiger partial charge in [-0.15, -0.1) is 0 Å². The minimum absolute atomic E-state index is 0.0414. The van der Waals surface area contributed by atoms with E-state index in [4.69, 9.17) is 4.74 Å². The van der Waals surface area contributed by atoms with Gasteiger partial charge in [-0.3, -0.25) is 14.8 Å². The molecule has 4 unspecified atom stereocenters. The van der Waals surface area contributed by atoms with Crippen LogP contribution in [0.3, 0.4) is 0 Å². The second-order valence-electron chi connectivity index (χ2n) is 14.2. The molecule has 4 aliphatic heterocycles. The fraction of sp³-hybridized carbons (Fsp3) is 0.459. The minimum Gasteiger partial charge on any atom is -0.396 e. The first-order valence-corrected chi connectivity index (χ1v) is 17.6. The maximum Gasteiger partial charge on any atom is 0.403 e. The molecule has 0 saturated carbocycles. The Balaban J connectivity index is 0.851. The maximum atomic E-state index is 13.4. The minimum atomic E-state index is -4.30. The third-order valence-electron chi connectivity index (χ3n) is 11.0. The molecule has 6 heterocycles. The first-order valence-electron chi connectivity index (χ1n) is 17.6. The summed E-state index contributed by atoms with van der Waals surface area (Å²) >= 11 is 0. The van der Waals surface area contributed by atoms with Gasteiger partial charge in [-0.05, 0) is 74.2 Å². The summed E-state index contributed by atoms with van der Waals surface area (Å²) in [5.74, 6) is 0.473. The Hall–Kier alpha value is -4.37. The number of H-pyrrole nitrogens is 1. The van der Waals surface area contributed by atoms with Crippen LogP contribution in [-0.4, -0.2) is 111 Å². The van der Waals surface area contributed by atoms with Crippen molar-refractivity contribution in [2.24, 2.45) is 5.41 Å². The van der Waals surface area contributed by atoms with E-state index in [2.05, 4.69) is 53.9 Å². The van der Waals surface area contributed by atoms with Crippen molar-refractivity contribution in [1.82, 2.24) is 35.3 Å². The molecule has 2 aromatic carbocycles. The lowest BCUT2D eigenvalue weighted by Crippen LogP contribution is -2.47.